The lowest BCUT2D eigenvalue weighted by atomic mass is 10.1. The highest BCUT2D eigenvalue weighted by Gasteiger charge is 2.23. The number of carbonyl (C=O) groups is 1. The van der Waals surface area contributed by atoms with Crippen LogP contribution in [0, 0.1) is 0 Å². The van der Waals surface area contributed by atoms with E-state index in [0.29, 0.717) is 11.6 Å². The number of ether oxygens (including phenoxy) is 1. The van der Waals surface area contributed by atoms with Gasteiger partial charge in [0.25, 0.3) is 0 Å². The summed E-state index contributed by atoms with van der Waals surface area (Å²) in [5.74, 6) is -0.281. The Labute approximate surface area is 149 Å². The highest BCUT2D eigenvalue weighted by Crippen LogP contribution is 2.23. The number of aromatic nitrogens is 1. The third kappa shape index (κ3) is 4.72. The molecular weight excluding hydrogens is 314 g/mol. The van der Waals surface area contributed by atoms with Gasteiger partial charge in [0.2, 0.25) is 0 Å². The second-order valence-corrected chi connectivity index (χ2v) is 7.37. The van der Waals surface area contributed by atoms with E-state index in [1.165, 1.54) is 0 Å². The molecule has 0 saturated carbocycles. The lowest BCUT2D eigenvalue weighted by molar-refractivity contribution is 0.00696. The predicted octanol–water partition coefficient (Wildman–Crippen LogP) is 3.73. The number of nitrogens with zero attached hydrogens (tertiary/aromatic N) is 2. The molecule has 1 aromatic heterocycles. The molecule has 5 nitrogen and oxygen atoms in total. The van der Waals surface area contributed by atoms with Crippen molar-refractivity contribution in [1.82, 2.24) is 4.98 Å². The summed E-state index contributed by atoms with van der Waals surface area (Å²) in [5, 5.41) is 3.52. The molecule has 1 unspecified atom stereocenters. The van der Waals surface area contributed by atoms with Gasteiger partial charge < -0.3 is 15.0 Å². The van der Waals surface area contributed by atoms with Crippen molar-refractivity contribution in [1.29, 1.82) is 0 Å². The molecule has 2 aromatic rings. The van der Waals surface area contributed by atoms with Crippen molar-refractivity contribution in [3.8, 4) is 0 Å². The first-order chi connectivity index (χ1) is 11.9. The van der Waals surface area contributed by atoms with Gasteiger partial charge in [-0.25, -0.2) is 4.79 Å². The van der Waals surface area contributed by atoms with Gasteiger partial charge in [-0.1, -0.05) is 0 Å². The second kappa shape index (κ2) is 7.13. The van der Waals surface area contributed by atoms with Crippen molar-refractivity contribution in [2.24, 2.45) is 0 Å². The van der Waals surface area contributed by atoms with Gasteiger partial charge in [-0.05, 0) is 63.6 Å². The highest BCUT2D eigenvalue weighted by molar-refractivity contribution is 5.90. The first-order valence-corrected chi connectivity index (χ1v) is 8.66. The Morgan fingerprint density at radius 2 is 2.00 bits per heavy atom. The summed E-state index contributed by atoms with van der Waals surface area (Å²) in [6.07, 6.45) is 4.69. The molecule has 1 saturated heterocycles. The summed E-state index contributed by atoms with van der Waals surface area (Å²) in [7, 11) is 0. The minimum Gasteiger partial charge on any atom is -0.456 e. The maximum absolute atomic E-state index is 12.1. The smallest absolute Gasteiger partial charge is 0.338 e. The van der Waals surface area contributed by atoms with Gasteiger partial charge in [0.1, 0.15) is 5.60 Å². The van der Waals surface area contributed by atoms with Crippen LogP contribution in [0.3, 0.4) is 0 Å². The molecule has 1 N–H and O–H groups in total. The first-order valence-electron chi connectivity index (χ1n) is 8.66. The number of anilines is 2. The van der Waals surface area contributed by atoms with Gasteiger partial charge in [0.05, 0.1) is 11.3 Å². The molecule has 0 aliphatic carbocycles. The molecule has 0 spiro atoms. The molecule has 3 rings (SSSR count). The number of carbonyl (C=O) groups excluding carboxylic acids is 1. The molecule has 0 bridgehead atoms. The summed E-state index contributed by atoms with van der Waals surface area (Å²) in [6.45, 7) is 7.54. The standard InChI is InChI=1S/C20H25N3O2/c1-20(2,3)25-19(24)15-6-8-18(9-7-15)23-12-10-17(14-23)22-16-5-4-11-21-13-16/h4-9,11,13,17,22H,10,12,14H2,1-3H3. The number of hydrogen-bond acceptors (Lipinski definition) is 5. The zero-order valence-corrected chi connectivity index (χ0v) is 15.0. The topological polar surface area (TPSA) is 54.5 Å². The quantitative estimate of drug-likeness (QED) is 0.860. The normalized spacial score (nSPS) is 17.4. The number of nitrogens with one attached hydrogen (secondary N) is 1. The molecule has 132 valence electrons. The SMILES string of the molecule is CC(C)(C)OC(=O)c1ccc(N2CCC(Nc3cccnc3)C2)cc1. The number of esters is 1. The lowest BCUT2D eigenvalue weighted by Gasteiger charge is -2.21. The van der Waals surface area contributed by atoms with Gasteiger partial charge in [-0.15, -0.1) is 0 Å². The lowest BCUT2D eigenvalue weighted by Crippen LogP contribution is -2.26. The van der Waals surface area contributed by atoms with Crippen molar-refractivity contribution >= 4 is 17.3 Å². The van der Waals surface area contributed by atoms with Crippen molar-refractivity contribution in [3.05, 3.63) is 54.4 Å². The number of rotatable bonds is 4. The van der Waals surface area contributed by atoms with Crippen LogP contribution in [0.5, 0.6) is 0 Å². The minimum absolute atomic E-state index is 0.281. The third-order valence-corrected chi connectivity index (χ3v) is 4.09. The fraction of sp³-hybridized carbons (Fsp3) is 0.400. The van der Waals surface area contributed by atoms with Crippen LogP contribution in [0.25, 0.3) is 0 Å². The van der Waals surface area contributed by atoms with Crippen LogP contribution in [0.2, 0.25) is 0 Å². The van der Waals surface area contributed by atoms with E-state index in [-0.39, 0.29) is 5.97 Å². The molecule has 1 aliphatic heterocycles. The Morgan fingerprint density at radius 1 is 1.24 bits per heavy atom. The van der Waals surface area contributed by atoms with Gasteiger partial charge in [0.15, 0.2) is 0 Å². The average Bonchev–Trinajstić information content (AvgIpc) is 3.03. The van der Waals surface area contributed by atoms with E-state index in [2.05, 4.69) is 15.2 Å². The molecule has 1 aliphatic rings. The Balaban J connectivity index is 1.59. The Bertz CT molecular complexity index is 708. The largest absolute Gasteiger partial charge is 0.456 e. The van der Waals surface area contributed by atoms with Crippen LogP contribution in [-0.4, -0.2) is 35.7 Å². The molecule has 0 radical (unpaired) electrons. The van der Waals surface area contributed by atoms with E-state index in [9.17, 15) is 4.79 Å². The minimum atomic E-state index is -0.476. The van der Waals surface area contributed by atoms with E-state index in [0.717, 1.165) is 30.9 Å². The van der Waals surface area contributed by atoms with E-state index in [4.69, 9.17) is 4.74 Å². The maximum atomic E-state index is 12.1. The number of pyridine rings is 1. The van der Waals surface area contributed by atoms with Crippen LogP contribution >= 0.6 is 0 Å². The van der Waals surface area contributed by atoms with Crippen molar-refractivity contribution < 1.29 is 9.53 Å². The van der Waals surface area contributed by atoms with E-state index in [1.807, 2.05) is 63.4 Å². The van der Waals surface area contributed by atoms with E-state index in [1.54, 1.807) is 6.20 Å². The Hall–Kier alpha value is -2.56. The van der Waals surface area contributed by atoms with Gasteiger partial charge in [-0.3, -0.25) is 4.98 Å². The fourth-order valence-corrected chi connectivity index (χ4v) is 2.94. The average molecular weight is 339 g/mol. The van der Waals surface area contributed by atoms with E-state index >= 15 is 0 Å². The Kier molecular flexibility index (Phi) is 4.93. The molecule has 5 heteroatoms. The monoisotopic (exact) mass is 339 g/mol. The van der Waals surface area contributed by atoms with Crippen LogP contribution in [-0.2, 0) is 4.74 Å². The summed E-state index contributed by atoms with van der Waals surface area (Å²) in [6, 6.07) is 12.0. The van der Waals surface area contributed by atoms with Crippen LogP contribution < -0.4 is 10.2 Å². The van der Waals surface area contributed by atoms with E-state index < -0.39 is 5.60 Å². The van der Waals surface area contributed by atoms with Crippen molar-refractivity contribution in [2.75, 3.05) is 23.3 Å². The molecular formula is C20H25N3O2. The van der Waals surface area contributed by atoms with Crippen LogP contribution in [0.15, 0.2) is 48.8 Å². The summed E-state index contributed by atoms with van der Waals surface area (Å²) in [5.41, 5.74) is 2.29. The maximum Gasteiger partial charge on any atom is 0.338 e. The molecule has 1 atom stereocenters. The van der Waals surface area contributed by atoms with Crippen LogP contribution in [0.4, 0.5) is 11.4 Å². The van der Waals surface area contributed by atoms with Crippen LogP contribution in [0.1, 0.15) is 37.6 Å². The zero-order chi connectivity index (χ0) is 17.9. The third-order valence-electron chi connectivity index (χ3n) is 4.09. The Morgan fingerprint density at radius 3 is 2.64 bits per heavy atom. The highest BCUT2D eigenvalue weighted by atomic mass is 16.6. The molecule has 2 heterocycles. The summed E-state index contributed by atoms with van der Waals surface area (Å²) < 4.78 is 5.40. The number of benzene rings is 1. The number of hydrogen-bond donors (Lipinski definition) is 1. The second-order valence-electron chi connectivity index (χ2n) is 7.37. The van der Waals surface area contributed by atoms with Gasteiger partial charge in [0, 0.05) is 37.2 Å². The summed E-state index contributed by atoms with van der Waals surface area (Å²) in [4.78, 5) is 18.6. The molecule has 1 fully saturated rings. The molecule has 0 amide bonds. The fourth-order valence-electron chi connectivity index (χ4n) is 2.94. The predicted molar refractivity (Wildman–Crippen MR) is 100 cm³/mol. The summed E-state index contributed by atoms with van der Waals surface area (Å²) >= 11 is 0. The van der Waals surface area contributed by atoms with Crippen molar-refractivity contribution in [3.63, 3.8) is 0 Å². The molecule has 1 aromatic carbocycles. The van der Waals surface area contributed by atoms with Crippen molar-refractivity contribution in [2.45, 2.75) is 38.8 Å². The first kappa shape index (κ1) is 17.3. The molecule has 25 heavy (non-hydrogen) atoms. The zero-order valence-electron chi connectivity index (χ0n) is 15.0. The van der Waals surface area contributed by atoms with Gasteiger partial charge >= 0.3 is 5.97 Å². The van der Waals surface area contributed by atoms with Gasteiger partial charge in [-0.2, -0.15) is 0 Å².